The molecule has 2 heterocycles. The van der Waals surface area contributed by atoms with Gasteiger partial charge in [0, 0.05) is 39.6 Å². The van der Waals surface area contributed by atoms with Crippen molar-refractivity contribution in [3.05, 3.63) is 71.0 Å². The third-order valence-electron chi connectivity index (χ3n) is 6.03. The Hall–Kier alpha value is -2.93. The van der Waals surface area contributed by atoms with Gasteiger partial charge in [0.05, 0.1) is 12.6 Å². The van der Waals surface area contributed by atoms with E-state index in [1.165, 1.54) is 12.1 Å². The van der Waals surface area contributed by atoms with Crippen molar-refractivity contribution in [2.45, 2.75) is 45.1 Å². The summed E-state index contributed by atoms with van der Waals surface area (Å²) in [6.45, 7) is 5.63. The van der Waals surface area contributed by atoms with E-state index in [-0.39, 0.29) is 23.9 Å². The van der Waals surface area contributed by atoms with Gasteiger partial charge in [-0.05, 0) is 42.2 Å². The molecule has 2 aliphatic heterocycles. The van der Waals surface area contributed by atoms with Crippen LogP contribution in [0.2, 0.25) is 0 Å². The third kappa shape index (κ3) is 5.46. The zero-order valence-electron chi connectivity index (χ0n) is 18.8. The molecule has 7 heteroatoms. The van der Waals surface area contributed by atoms with Crippen LogP contribution < -0.4 is 5.32 Å². The number of nitrogens with one attached hydrogen (secondary N) is 1. The Balaban J connectivity index is 1.34. The standard InChI is InChI=1S/C25H31FN4O2/c1-18-15-30(17-23(32-18)21-9-11-22(26)12-10-21)25(27-2)28-14-19-5-7-20(8-6-19)16-29-13-3-4-24(29)31/h5-12,18,23H,3-4,13-17H2,1-2H3,(H,27,28). The van der Waals surface area contributed by atoms with Gasteiger partial charge in [-0.25, -0.2) is 4.39 Å². The highest BCUT2D eigenvalue weighted by molar-refractivity contribution is 5.80. The predicted octanol–water partition coefficient (Wildman–Crippen LogP) is 3.49. The summed E-state index contributed by atoms with van der Waals surface area (Å²) >= 11 is 0. The Labute approximate surface area is 189 Å². The SMILES string of the molecule is CN=C(NCc1ccc(CN2CCCC2=O)cc1)N1CC(C)OC(c2ccc(F)cc2)C1. The lowest BCUT2D eigenvalue weighted by atomic mass is 10.1. The molecule has 0 saturated carbocycles. The van der Waals surface area contributed by atoms with E-state index in [9.17, 15) is 9.18 Å². The van der Waals surface area contributed by atoms with Gasteiger partial charge in [-0.15, -0.1) is 0 Å². The Morgan fingerprint density at radius 3 is 2.50 bits per heavy atom. The van der Waals surface area contributed by atoms with Crippen LogP contribution in [0.4, 0.5) is 4.39 Å². The molecule has 2 fully saturated rings. The summed E-state index contributed by atoms with van der Waals surface area (Å²) in [5, 5.41) is 3.45. The number of hydrogen-bond donors (Lipinski definition) is 1. The number of nitrogens with zero attached hydrogens (tertiary/aromatic N) is 3. The molecule has 2 unspecified atom stereocenters. The van der Waals surface area contributed by atoms with E-state index in [0.29, 0.717) is 26.1 Å². The second kappa shape index (κ2) is 10.1. The minimum Gasteiger partial charge on any atom is -0.367 e. The van der Waals surface area contributed by atoms with E-state index in [1.54, 1.807) is 19.2 Å². The molecule has 1 amide bonds. The van der Waals surface area contributed by atoms with Gasteiger partial charge in [-0.3, -0.25) is 9.79 Å². The number of carbonyl (C=O) groups excluding carboxylic acids is 1. The summed E-state index contributed by atoms with van der Waals surface area (Å²) in [7, 11) is 1.78. The smallest absolute Gasteiger partial charge is 0.222 e. The number of morpholine rings is 1. The molecule has 0 aromatic heterocycles. The summed E-state index contributed by atoms with van der Waals surface area (Å²) < 4.78 is 19.4. The second-order valence-corrected chi connectivity index (χ2v) is 8.53. The molecule has 170 valence electrons. The van der Waals surface area contributed by atoms with E-state index >= 15 is 0 Å². The molecule has 2 atom stereocenters. The number of likely N-dealkylation sites (tertiary alicyclic amines) is 1. The summed E-state index contributed by atoms with van der Waals surface area (Å²) in [6.07, 6.45) is 1.53. The fourth-order valence-electron chi connectivity index (χ4n) is 4.35. The number of benzene rings is 2. The van der Waals surface area contributed by atoms with Crippen molar-refractivity contribution in [3.63, 3.8) is 0 Å². The molecule has 0 radical (unpaired) electrons. The van der Waals surface area contributed by atoms with Crippen molar-refractivity contribution in [1.82, 2.24) is 15.1 Å². The van der Waals surface area contributed by atoms with Gasteiger partial charge in [-0.1, -0.05) is 36.4 Å². The lowest BCUT2D eigenvalue weighted by Crippen LogP contribution is -2.50. The molecule has 1 N–H and O–H groups in total. The number of ether oxygens (including phenoxy) is 1. The zero-order chi connectivity index (χ0) is 22.5. The normalized spacial score (nSPS) is 21.8. The fourth-order valence-corrected chi connectivity index (χ4v) is 4.35. The molecule has 2 saturated heterocycles. The highest BCUT2D eigenvalue weighted by atomic mass is 19.1. The number of aliphatic imine (C=N–C) groups is 1. The number of guanidine groups is 1. The largest absolute Gasteiger partial charge is 0.367 e. The Morgan fingerprint density at radius 1 is 1.12 bits per heavy atom. The van der Waals surface area contributed by atoms with Gasteiger partial charge in [-0.2, -0.15) is 0 Å². The van der Waals surface area contributed by atoms with Crippen molar-refractivity contribution in [3.8, 4) is 0 Å². The van der Waals surface area contributed by atoms with Crippen molar-refractivity contribution in [2.24, 2.45) is 4.99 Å². The molecular weight excluding hydrogens is 407 g/mol. The fraction of sp³-hybridized carbons (Fsp3) is 0.440. The first-order valence-corrected chi connectivity index (χ1v) is 11.2. The quantitative estimate of drug-likeness (QED) is 0.574. The molecule has 2 aromatic carbocycles. The van der Waals surface area contributed by atoms with Gasteiger partial charge in [0.25, 0.3) is 0 Å². The van der Waals surface area contributed by atoms with Crippen molar-refractivity contribution in [2.75, 3.05) is 26.7 Å². The number of carbonyl (C=O) groups is 1. The molecular formula is C25H31FN4O2. The number of amides is 1. The summed E-state index contributed by atoms with van der Waals surface area (Å²) in [5.74, 6) is 0.821. The summed E-state index contributed by atoms with van der Waals surface area (Å²) in [4.78, 5) is 20.4. The molecule has 2 aliphatic rings. The van der Waals surface area contributed by atoms with Crippen LogP contribution in [-0.4, -0.2) is 54.5 Å². The Bertz CT molecular complexity index is 945. The van der Waals surface area contributed by atoms with Gasteiger partial charge in [0.15, 0.2) is 5.96 Å². The van der Waals surface area contributed by atoms with E-state index in [4.69, 9.17) is 4.74 Å². The van der Waals surface area contributed by atoms with Crippen LogP contribution in [0, 0.1) is 5.82 Å². The first-order valence-electron chi connectivity index (χ1n) is 11.2. The minimum absolute atomic E-state index is 0.0323. The second-order valence-electron chi connectivity index (χ2n) is 8.53. The lowest BCUT2D eigenvalue weighted by Gasteiger charge is -2.38. The minimum atomic E-state index is -0.245. The van der Waals surface area contributed by atoms with Crippen LogP contribution in [0.3, 0.4) is 0 Å². The maximum Gasteiger partial charge on any atom is 0.222 e. The monoisotopic (exact) mass is 438 g/mol. The molecule has 0 bridgehead atoms. The topological polar surface area (TPSA) is 57.2 Å². The highest BCUT2D eigenvalue weighted by Crippen LogP contribution is 2.25. The van der Waals surface area contributed by atoms with Crippen LogP contribution in [0.25, 0.3) is 0 Å². The van der Waals surface area contributed by atoms with E-state index in [1.807, 2.05) is 11.8 Å². The van der Waals surface area contributed by atoms with Crippen molar-refractivity contribution in [1.29, 1.82) is 0 Å². The van der Waals surface area contributed by atoms with Crippen LogP contribution in [0.15, 0.2) is 53.5 Å². The maximum atomic E-state index is 13.3. The molecule has 2 aromatic rings. The predicted molar refractivity (Wildman–Crippen MR) is 123 cm³/mol. The van der Waals surface area contributed by atoms with E-state index in [2.05, 4.69) is 39.5 Å². The highest BCUT2D eigenvalue weighted by Gasteiger charge is 2.28. The lowest BCUT2D eigenvalue weighted by molar-refractivity contribution is -0.128. The van der Waals surface area contributed by atoms with Crippen LogP contribution >= 0.6 is 0 Å². The molecule has 32 heavy (non-hydrogen) atoms. The van der Waals surface area contributed by atoms with Gasteiger partial charge in [0.2, 0.25) is 5.91 Å². The zero-order valence-corrected chi connectivity index (χ0v) is 18.8. The third-order valence-corrected chi connectivity index (χ3v) is 6.03. The average Bonchev–Trinajstić information content (AvgIpc) is 3.19. The Morgan fingerprint density at radius 2 is 1.84 bits per heavy atom. The van der Waals surface area contributed by atoms with Crippen LogP contribution in [-0.2, 0) is 22.6 Å². The van der Waals surface area contributed by atoms with Crippen LogP contribution in [0.1, 0.15) is 42.6 Å². The average molecular weight is 439 g/mol. The first-order chi connectivity index (χ1) is 15.5. The number of hydrogen-bond acceptors (Lipinski definition) is 3. The molecule has 0 spiro atoms. The number of rotatable bonds is 5. The molecule has 4 rings (SSSR count). The van der Waals surface area contributed by atoms with Gasteiger partial charge < -0.3 is 19.9 Å². The molecule has 0 aliphatic carbocycles. The van der Waals surface area contributed by atoms with Gasteiger partial charge >= 0.3 is 0 Å². The maximum absolute atomic E-state index is 13.3. The van der Waals surface area contributed by atoms with Crippen LogP contribution in [0.5, 0.6) is 0 Å². The summed E-state index contributed by atoms with van der Waals surface area (Å²) in [6, 6.07) is 14.9. The Kier molecular flexibility index (Phi) is 7.05. The van der Waals surface area contributed by atoms with Gasteiger partial charge in [0.1, 0.15) is 11.9 Å². The van der Waals surface area contributed by atoms with Crippen molar-refractivity contribution >= 4 is 11.9 Å². The molecule has 6 nitrogen and oxygen atoms in total. The van der Waals surface area contributed by atoms with E-state index < -0.39 is 0 Å². The number of halogens is 1. The van der Waals surface area contributed by atoms with E-state index in [0.717, 1.165) is 42.2 Å². The van der Waals surface area contributed by atoms with Crippen molar-refractivity contribution < 1.29 is 13.9 Å². The first kappa shape index (κ1) is 22.3. The summed E-state index contributed by atoms with van der Waals surface area (Å²) in [5.41, 5.74) is 3.27.